The average molecular weight is 342 g/mol. The summed E-state index contributed by atoms with van der Waals surface area (Å²) in [6, 6.07) is 13.2. The highest BCUT2D eigenvalue weighted by Crippen LogP contribution is 2.15. The fraction of sp³-hybridized carbons (Fsp3) is 0.176. The number of non-ortho nitro benzene ring substituents is 1. The number of amides is 1. The van der Waals surface area contributed by atoms with Crippen LogP contribution in [0.15, 0.2) is 53.6 Å². The number of carbonyl (C=O) groups excluding carboxylic acids is 1. The third kappa shape index (κ3) is 5.94. The molecule has 2 rings (SSSR count). The molecule has 25 heavy (non-hydrogen) atoms. The van der Waals surface area contributed by atoms with Crippen molar-refractivity contribution in [2.24, 2.45) is 5.10 Å². The Kier molecular flexibility index (Phi) is 6.47. The van der Waals surface area contributed by atoms with Crippen molar-refractivity contribution in [3.8, 4) is 5.75 Å². The van der Waals surface area contributed by atoms with Gasteiger partial charge in [0.15, 0.2) is 0 Å². The highest BCUT2D eigenvalue weighted by Gasteiger charge is 2.04. The Labute approximate surface area is 144 Å². The van der Waals surface area contributed by atoms with E-state index in [1.54, 1.807) is 12.1 Å². The minimum Gasteiger partial charge on any atom is -0.494 e. The third-order valence-corrected chi connectivity index (χ3v) is 3.10. The van der Waals surface area contributed by atoms with Gasteiger partial charge in [0.05, 0.1) is 24.3 Å². The molecule has 1 amide bonds. The number of benzene rings is 2. The first-order valence-electron chi connectivity index (χ1n) is 7.61. The van der Waals surface area contributed by atoms with Crippen molar-refractivity contribution in [2.75, 3.05) is 18.5 Å². The zero-order chi connectivity index (χ0) is 18.1. The quantitative estimate of drug-likeness (QED) is 0.436. The molecular weight excluding hydrogens is 324 g/mol. The molecule has 0 fully saturated rings. The molecule has 0 bridgehead atoms. The number of nitro groups is 1. The van der Waals surface area contributed by atoms with Crippen molar-refractivity contribution in [2.45, 2.75) is 6.92 Å². The van der Waals surface area contributed by atoms with Gasteiger partial charge in [0.25, 0.3) is 11.6 Å². The predicted molar refractivity (Wildman–Crippen MR) is 94.9 cm³/mol. The van der Waals surface area contributed by atoms with Crippen LogP contribution in [0.4, 0.5) is 11.4 Å². The van der Waals surface area contributed by atoms with Gasteiger partial charge in [0.2, 0.25) is 0 Å². The number of nitrogens with one attached hydrogen (secondary N) is 2. The number of hydrogen-bond acceptors (Lipinski definition) is 6. The second-order valence-corrected chi connectivity index (χ2v) is 4.96. The van der Waals surface area contributed by atoms with Crippen LogP contribution >= 0.6 is 0 Å². The van der Waals surface area contributed by atoms with Gasteiger partial charge in [0, 0.05) is 23.4 Å². The fourth-order valence-corrected chi connectivity index (χ4v) is 1.96. The molecule has 0 unspecified atom stereocenters. The van der Waals surface area contributed by atoms with Gasteiger partial charge < -0.3 is 10.1 Å². The molecule has 0 aliphatic rings. The van der Waals surface area contributed by atoms with Crippen molar-refractivity contribution >= 4 is 23.5 Å². The summed E-state index contributed by atoms with van der Waals surface area (Å²) in [6.45, 7) is 2.54. The molecule has 8 nitrogen and oxygen atoms in total. The lowest BCUT2D eigenvalue weighted by atomic mass is 10.2. The van der Waals surface area contributed by atoms with Gasteiger partial charge in [-0.3, -0.25) is 14.9 Å². The number of anilines is 1. The molecule has 0 aliphatic heterocycles. The van der Waals surface area contributed by atoms with E-state index in [9.17, 15) is 14.9 Å². The molecule has 0 atom stereocenters. The van der Waals surface area contributed by atoms with E-state index in [1.165, 1.54) is 18.3 Å². The zero-order valence-corrected chi connectivity index (χ0v) is 13.6. The van der Waals surface area contributed by atoms with Gasteiger partial charge in [-0.15, -0.1) is 0 Å². The van der Waals surface area contributed by atoms with Gasteiger partial charge in [-0.2, -0.15) is 5.10 Å². The highest BCUT2D eigenvalue weighted by atomic mass is 16.6. The lowest BCUT2D eigenvalue weighted by Crippen LogP contribution is -2.25. The molecule has 130 valence electrons. The Hall–Kier alpha value is -3.42. The van der Waals surface area contributed by atoms with Crippen molar-refractivity contribution in [1.82, 2.24) is 5.43 Å². The summed E-state index contributed by atoms with van der Waals surface area (Å²) in [5.74, 6) is 0.426. The van der Waals surface area contributed by atoms with E-state index in [-0.39, 0.29) is 18.1 Å². The fourth-order valence-electron chi connectivity index (χ4n) is 1.96. The molecule has 0 saturated heterocycles. The topological polar surface area (TPSA) is 106 Å². The van der Waals surface area contributed by atoms with Crippen LogP contribution in [0.2, 0.25) is 0 Å². The van der Waals surface area contributed by atoms with Gasteiger partial charge in [-0.1, -0.05) is 12.1 Å². The van der Waals surface area contributed by atoms with E-state index in [4.69, 9.17) is 4.74 Å². The Morgan fingerprint density at radius 3 is 2.72 bits per heavy atom. The first kappa shape index (κ1) is 17.9. The maximum atomic E-state index is 11.7. The van der Waals surface area contributed by atoms with E-state index in [0.717, 1.165) is 11.4 Å². The second kappa shape index (κ2) is 9.02. The minimum absolute atomic E-state index is 0.0348. The van der Waals surface area contributed by atoms with E-state index < -0.39 is 4.92 Å². The molecule has 2 aromatic carbocycles. The lowest BCUT2D eigenvalue weighted by Gasteiger charge is -2.07. The summed E-state index contributed by atoms with van der Waals surface area (Å²) in [5, 5.41) is 17.4. The molecule has 0 radical (unpaired) electrons. The molecule has 0 saturated carbocycles. The van der Waals surface area contributed by atoms with E-state index >= 15 is 0 Å². The molecule has 8 heteroatoms. The molecule has 0 aromatic heterocycles. The molecule has 0 heterocycles. The second-order valence-electron chi connectivity index (χ2n) is 4.96. The first-order valence-corrected chi connectivity index (χ1v) is 7.61. The maximum Gasteiger partial charge on any atom is 0.270 e. The van der Waals surface area contributed by atoms with Crippen LogP contribution in [0.5, 0.6) is 5.75 Å². The normalized spacial score (nSPS) is 10.4. The van der Waals surface area contributed by atoms with Crippen molar-refractivity contribution in [3.05, 3.63) is 64.2 Å². The third-order valence-electron chi connectivity index (χ3n) is 3.10. The molecule has 2 aromatic rings. The van der Waals surface area contributed by atoms with Crippen LogP contribution < -0.4 is 15.5 Å². The van der Waals surface area contributed by atoms with Crippen molar-refractivity contribution in [1.29, 1.82) is 0 Å². The lowest BCUT2D eigenvalue weighted by molar-refractivity contribution is -0.384. The Balaban J connectivity index is 1.80. The molecule has 0 spiro atoms. The van der Waals surface area contributed by atoms with Crippen LogP contribution in [0.25, 0.3) is 0 Å². The Morgan fingerprint density at radius 1 is 1.28 bits per heavy atom. The van der Waals surface area contributed by atoms with Crippen LogP contribution in [0.1, 0.15) is 12.5 Å². The summed E-state index contributed by atoms with van der Waals surface area (Å²) >= 11 is 0. The number of hydrogen-bond donors (Lipinski definition) is 2. The molecular formula is C17H18N4O4. The number of ether oxygens (including phenoxy) is 1. The van der Waals surface area contributed by atoms with E-state index in [2.05, 4.69) is 15.8 Å². The van der Waals surface area contributed by atoms with Crippen LogP contribution in [-0.2, 0) is 4.79 Å². The first-order chi connectivity index (χ1) is 12.1. The molecule has 0 aliphatic carbocycles. The summed E-state index contributed by atoms with van der Waals surface area (Å²) in [6.07, 6.45) is 1.35. The highest BCUT2D eigenvalue weighted by molar-refractivity contribution is 5.84. The largest absolute Gasteiger partial charge is 0.494 e. The zero-order valence-electron chi connectivity index (χ0n) is 13.6. The minimum atomic E-state index is -0.489. The molecule has 2 N–H and O–H groups in total. The standard InChI is InChI=1S/C17H18N4O4/c1-2-25-16-8-6-14(7-9-16)18-12-17(22)20-19-11-13-4-3-5-15(10-13)21(23)24/h3-11,18H,2,12H2,1H3,(H,20,22)/b19-11-. The summed E-state index contributed by atoms with van der Waals surface area (Å²) in [5.41, 5.74) is 3.62. The van der Waals surface area contributed by atoms with Gasteiger partial charge in [0.1, 0.15) is 5.75 Å². The monoisotopic (exact) mass is 342 g/mol. The van der Waals surface area contributed by atoms with Crippen LogP contribution in [0, 0.1) is 10.1 Å². The van der Waals surface area contributed by atoms with Gasteiger partial charge in [-0.05, 0) is 31.2 Å². The summed E-state index contributed by atoms with van der Waals surface area (Å²) < 4.78 is 5.34. The van der Waals surface area contributed by atoms with Crippen molar-refractivity contribution < 1.29 is 14.5 Å². The number of carbonyl (C=O) groups is 1. The van der Waals surface area contributed by atoms with Gasteiger partial charge >= 0.3 is 0 Å². The average Bonchev–Trinajstić information content (AvgIpc) is 2.61. The number of rotatable bonds is 8. The Morgan fingerprint density at radius 2 is 2.04 bits per heavy atom. The summed E-state index contributed by atoms with van der Waals surface area (Å²) in [7, 11) is 0. The Bertz CT molecular complexity index is 759. The van der Waals surface area contributed by atoms with Gasteiger partial charge in [-0.25, -0.2) is 5.43 Å². The van der Waals surface area contributed by atoms with Crippen LogP contribution in [0.3, 0.4) is 0 Å². The smallest absolute Gasteiger partial charge is 0.270 e. The maximum absolute atomic E-state index is 11.7. The SMILES string of the molecule is CCOc1ccc(NCC(=O)N/N=C\c2cccc([N+](=O)[O-])c2)cc1. The van der Waals surface area contributed by atoms with E-state index in [1.807, 2.05) is 31.2 Å². The number of hydrazone groups is 1. The van der Waals surface area contributed by atoms with Crippen molar-refractivity contribution in [3.63, 3.8) is 0 Å². The predicted octanol–water partition coefficient (Wildman–Crippen LogP) is 2.56. The number of nitro benzene ring substituents is 1. The van der Waals surface area contributed by atoms with E-state index in [0.29, 0.717) is 12.2 Å². The van der Waals surface area contributed by atoms with Crippen LogP contribution in [-0.4, -0.2) is 30.2 Å². The number of nitrogens with zero attached hydrogens (tertiary/aromatic N) is 2. The summed E-state index contributed by atoms with van der Waals surface area (Å²) in [4.78, 5) is 21.9.